The summed E-state index contributed by atoms with van der Waals surface area (Å²) < 4.78 is 17.0. The van der Waals surface area contributed by atoms with Crippen LogP contribution in [0.25, 0.3) is 11.0 Å². The van der Waals surface area contributed by atoms with Crippen LogP contribution in [0.3, 0.4) is 0 Å². The summed E-state index contributed by atoms with van der Waals surface area (Å²) in [6, 6.07) is 16.4. The van der Waals surface area contributed by atoms with Gasteiger partial charge in [-0.15, -0.1) is 0 Å². The molecule has 29 heavy (non-hydrogen) atoms. The smallest absolute Gasteiger partial charge is 0.257 e. The maximum atomic E-state index is 12.8. The van der Waals surface area contributed by atoms with Crippen molar-refractivity contribution < 1.29 is 18.7 Å². The highest BCUT2D eigenvalue weighted by atomic mass is 16.5. The van der Waals surface area contributed by atoms with Crippen LogP contribution in [0.5, 0.6) is 17.2 Å². The molecule has 0 aliphatic heterocycles. The van der Waals surface area contributed by atoms with E-state index in [-0.39, 0.29) is 5.91 Å². The monoisotopic (exact) mass is 388 g/mol. The number of pyridine rings is 1. The lowest BCUT2D eigenvalue weighted by atomic mass is 10.1. The van der Waals surface area contributed by atoms with Crippen LogP contribution in [-0.2, 0) is 0 Å². The van der Waals surface area contributed by atoms with Crippen LogP contribution in [-0.4, -0.2) is 18.0 Å². The third kappa shape index (κ3) is 4.06. The first-order valence-corrected chi connectivity index (χ1v) is 9.12. The maximum absolute atomic E-state index is 12.8. The second-order valence-corrected chi connectivity index (χ2v) is 6.69. The van der Waals surface area contributed by atoms with Crippen LogP contribution in [0.15, 0.2) is 65.2 Å². The predicted octanol–water partition coefficient (Wildman–Crippen LogP) is 5.50. The summed E-state index contributed by atoms with van der Waals surface area (Å²) in [7, 11) is 1.56. The number of aryl methyl sites for hydroxylation is 2. The number of carbonyl (C=O) groups excluding carboxylic acids is 1. The SMILES string of the molecule is COc1ccnc(NC(=O)c2cc(Oc3ccc(C)cc3)c3cc(C)oc3c2)c1. The molecular weight excluding hydrogens is 368 g/mol. The molecule has 0 fully saturated rings. The number of hydrogen-bond acceptors (Lipinski definition) is 5. The molecule has 1 N–H and O–H groups in total. The number of aromatic nitrogens is 1. The molecule has 0 radical (unpaired) electrons. The third-order valence-corrected chi connectivity index (χ3v) is 4.44. The lowest BCUT2D eigenvalue weighted by Crippen LogP contribution is -2.13. The average molecular weight is 388 g/mol. The minimum atomic E-state index is -0.324. The normalized spacial score (nSPS) is 10.7. The number of fused-ring (bicyclic) bond motifs is 1. The second kappa shape index (κ2) is 7.67. The molecule has 0 bridgehead atoms. The molecule has 0 atom stereocenters. The van der Waals surface area contributed by atoms with Gasteiger partial charge < -0.3 is 19.2 Å². The Hall–Kier alpha value is -3.80. The highest BCUT2D eigenvalue weighted by Gasteiger charge is 2.16. The van der Waals surface area contributed by atoms with E-state index >= 15 is 0 Å². The summed E-state index contributed by atoms with van der Waals surface area (Å²) in [5.74, 6) is 2.65. The zero-order valence-corrected chi connectivity index (χ0v) is 16.4. The van der Waals surface area contributed by atoms with Crippen molar-refractivity contribution in [2.24, 2.45) is 0 Å². The van der Waals surface area contributed by atoms with Crippen LogP contribution >= 0.6 is 0 Å². The fourth-order valence-corrected chi connectivity index (χ4v) is 2.98. The minimum absolute atomic E-state index is 0.324. The largest absolute Gasteiger partial charge is 0.497 e. The van der Waals surface area contributed by atoms with Crippen LogP contribution < -0.4 is 14.8 Å². The number of furan rings is 1. The lowest BCUT2D eigenvalue weighted by molar-refractivity contribution is 0.102. The summed E-state index contributed by atoms with van der Waals surface area (Å²) in [6.07, 6.45) is 1.57. The Labute approximate surface area is 168 Å². The zero-order chi connectivity index (χ0) is 20.4. The predicted molar refractivity (Wildman–Crippen MR) is 111 cm³/mol. The Kier molecular flexibility index (Phi) is 4.91. The van der Waals surface area contributed by atoms with E-state index in [0.717, 1.165) is 16.7 Å². The number of anilines is 1. The van der Waals surface area contributed by atoms with Crippen molar-refractivity contribution in [1.82, 2.24) is 4.98 Å². The third-order valence-electron chi connectivity index (χ3n) is 4.44. The van der Waals surface area contributed by atoms with Crippen LogP contribution in [0, 0.1) is 13.8 Å². The summed E-state index contributed by atoms with van der Waals surface area (Å²) in [6.45, 7) is 3.87. The van der Waals surface area contributed by atoms with Crippen molar-refractivity contribution >= 4 is 22.7 Å². The highest BCUT2D eigenvalue weighted by Crippen LogP contribution is 2.34. The van der Waals surface area contributed by atoms with Crippen molar-refractivity contribution in [3.05, 3.63) is 77.7 Å². The molecule has 6 heteroatoms. The summed E-state index contributed by atoms with van der Waals surface area (Å²) >= 11 is 0. The number of nitrogens with one attached hydrogen (secondary N) is 1. The Morgan fingerprint density at radius 1 is 1.00 bits per heavy atom. The molecule has 0 saturated heterocycles. The number of nitrogens with zero attached hydrogens (tertiary/aromatic N) is 1. The molecule has 2 heterocycles. The molecule has 6 nitrogen and oxygen atoms in total. The van der Waals surface area contributed by atoms with Gasteiger partial charge in [0, 0.05) is 17.8 Å². The van der Waals surface area contributed by atoms with E-state index < -0.39 is 0 Å². The van der Waals surface area contributed by atoms with E-state index in [1.165, 1.54) is 0 Å². The molecule has 1 amide bonds. The van der Waals surface area contributed by atoms with Gasteiger partial charge in [0.2, 0.25) is 0 Å². The van der Waals surface area contributed by atoms with E-state index in [0.29, 0.717) is 34.2 Å². The van der Waals surface area contributed by atoms with Crippen molar-refractivity contribution in [2.75, 3.05) is 12.4 Å². The number of hydrogen-bond donors (Lipinski definition) is 1. The van der Waals surface area contributed by atoms with E-state index in [1.807, 2.05) is 44.2 Å². The number of amides is 1. The van der Waals surface area contributed by atoms with E-state index in [4.69, 9.17) is 13.9 Å². The van der Waals surface area contributed by atoms with Gasteiger partial charge in [-0.3, -0.25) is 4.79 Å². The first kappa shape index (κ1) is 18.6. The Morgan fingerprint density at radius 2 is 1.79 bits per heavy atom. The molecule has 0 spiro atoms. The van der Waals surface area contributed by atoms with Gasteiger partial charge in [0.1, 0.15) is 34.4 Å². The van der Waals surface area contributed by atoms with E-state index in [9.17, 15) is 4.79 Å². The van der Waals surface area contributed by atoms with Gasteiger partial charge in [-0.1, -0.05) is 17.7 Å². The molecule has 4 aromatic rings. The fraction of sp³-hybridized carbons (Fsp3) is 0.130. The highest BCUT2D eigenvalue weighted by molar-refractivity contribution is 6.06. The second-order valence-electron chi connectivity index (χ2n) is 6.69. The van der Waals surface area contributed by atoms with Gasteiger partial charge in [-0.05, 0) is 50.2 Å². The topological polar surface area (TPSA) is 73.6 Å². The zero-order valence-electron chi connectivity index (χ0n) is 16.4. The van der Waals surface area contributed by atoms with Crippen LogP contribution in [0.2, 0.25) is 0 Å². The Bertz CT molecular complexity index is 1180. The molecule has 0 aliphatic carbocycles. The van der Waals surface area contributed by atoms with Gasteiger partial charge in [-0.25, -0.2) is 4.98 Å². The number of rotatable bonds is 5. The number of methoxy groups -OCH3 is 1. The van der Waals surface area contributed by atoms with Crippen LogP contribution in [0.1, 0.15) is 21.7 Å². The Morgan fingerprint density at radius 3 is 2.55 bits per heavy atom. The van der Waals surface area contributed by atoms with Gasteiger partial charge in [0.25, 0.3) is 5.91 Å². The van der Waals surface area contributed by atoms with Crippen molar-refractivity contribution in [3.63, 3.8) is 0 Å². The van der Waals surface area contributed by atoms with Crippen molar-refractivity contribution in [3.8, 4) is 17.2 Å². The minimum Gasteiger partial charge on any atom is -0.497 e. The molecule has 4 rings (SSSR count). The van der Waals surface area contributed by atoms with Gasteiger partial charge in [-0.2, -0.15) is 0 Å². The summed E-state index contributed by atoms with van der Waals surface area (Å²) in [4.78, 5) is 17.0. The first-order chi connectivity index (χ1) is 14.0. The molecule has 2 aromatic heterocycles. The quantitative estimate of drug-likeness (QED) is 0.489. The van der Waals surface area contributed by atoms with Crippen molar-refractivity contribution in [2.45, 2.75) is 13.8 Å². The molecule has 0 aliphatic rings. The number of benzene rings is 2. The van der Waals surface area contributed by atoms with Crippen LogP contribution in [0.4, 0.5) is 5.82 Å². The molecule has 2 aromatic carbocycles. The number of carbonyl (C=O) groups is 1. The standard InChI is InChI=1S/C23H20N2O4/c1-14-4-6-17(7-5-14)29-21-12-16(11-20-19(21)10-15(2)28-20)23(26)25-22-13-18(27-3)8-9-24-22/h4-13H,1-3H3,(H,24,25,26). The molecule has 0 saturated carbocycles. The van der Waals surface area contributed by atoms with Crippen molar-refractivity contribution in [1.29, 1.82) is 0 Å². The van der Waals surface area contributed by atoms with E-state index in [1.54, 1.807) is 37.6 Å². The fourth-order valence-electron chi connectivity index (χ4n) is 2.98. The van der Waals surface area contributed by atoms with Gasteiger partial charge >= 0.3 is 0 Å². The first-order valence-electron chi connectivity index (χ1n) is 9.12. The Balaban J connectivity index is 1.68. The van der Waals surface area contributed by atoms with E-state index in [2.05, 4.69) is 10.3 Å². The number of ether oxygens (including phenoxy) is 2. The van der Waals surface area contributed by atoms with Gasteiger partial charge in [0.05, 0.1) is 12.5 Å². The maximum Gasteiger partial charge on any atom is 0.257 e. The molecule has 146 valence electrons. The summed E-state index contributed by atoms with van der Waals surface area (Å²) in [5.41, 5.74) is 2.12. The average Bonchev–Trinajstić information content (AvgIpc) is 3.10. The molecule has 0 unspecified atom stereocenters. The van der Waals surface area contributed by atoms with Gasteiger partial charge in [0.15, 0.2) is 0 Å². The summed E-state index contributed by atoms with van der Waals surface area (Å²) in [5, 5.41) is 3.58. The molecular formula is C23H20N2O4. The lowest BCUT2D eigenvalue weighted by Gasteiger charge is -2.10.